The van der Waals surface area contributed by atoms with Crippen molar-refractivity contribution < 1.29 is 23.8 Å². The number of esters is 1. The normalized spacial score (nSPS) is 10.7. The summed E-state index contributed by atoms with van der Waals surface area (Å²) in [5.41, 5.74) is 4.91. The van der Waals surface area contributed by atoms with E-state index in [9.17, 15) is 9.59 Å². The predicted octanol–water partition coefficient (Wildman–Crippen LogP) is 4.45. The smallest absolute Gasteiger partial charge is 0.343 e. The van der Waals surface area contributed by atoms with Crippen molar-refractivity contribution in [1.82, 2.24) is 15.4 Å². The Balaban J connectivity index is 1.45. The lowest BCUT2D eigenvalue weighted by molar-refractivity contribution is 0.0733. The zero-order valence-corrected chi connectivity index (χ0v) is 20.5. The molecule has 1 aromatic heterocycles. The van der Waals surface area contributed by atoms with Crippen molar-refractivity contribution >= 4 is 18.1 Å². The van der Waals surface area contributed by atoms with Gasteiger partial charge in [0.25, 0.3) is 5.91 Å². The van der Waals surface area contributed by atoms with Gasteiger partial charge in [-0.05, 0) is 37.3 Å². The molecule has 0 aliphatic heterocycles. The highest BCUT2D eigenvalue weighted by atomic mass is 16.5. The van der Waals surface area contributed by atoms with Gasteiger partial charge in [-0.3, -0.25) is 4.79 Å². The standard InChI is InChI=1S/C28H24N4O5/c1-18-22(17-29-26(31-18)19-9-5-4-6-10-19)27(33)32-30-16-21-11-7-8-12-23(21)37-28(34)20-13-14-24(35-2)25(15-20)36-3/h4-17H,1-3H3,(H,32,33). The minimum Gasteiger partial charge on any atom is -0.493 e. The number of nitrogens with zero attached hydrogens (tertiary/aromatic N) is 3. The van der Waals surface area contributed by atoms with Gasteiger partial charge in [-0.25, -0.2) is 20.2 Å². The Kier molecular flexibility index (Phi) is 7.85. The molecule has 4 rings (SSSR count). The van der Waals surface area contributed by atoms with Crippen LogP contribution in [-0.2, 0) is 0 Å². The number of hydrazone groups is 1. The third-order valence-electron chi connectivity index (χ3n) is 5.37. The Bertz CT molecular complexity index is 1450. The van der Waals surface area contributed by atoms with Crippen LogP contribution >= 0.6 is 0 Å². The molecule has 9 nitrogen and oxygen atoms in total. The fourth-order valence-electron chi connectivity index (χ4n) is 3.44. The molecular formula is C28H24N4O5. The first kappa shape index (κ1) is 25.1. The van der Waals surface area contributed by atoms with E-state index in [0.29, 0.717) is 34.1 Å². The number of rotatable bonds is 8. The van der Waals surface area contributed by atoms with Crippen molar-refractivity contribution in [1.29, 1.82) is 0 Å². The SMILES string of the molecule is COc1ccc(C(=O)Oc2ccccc2C=NNC(=O)c2cnc(-c3ccccc3)nc2C)cc1OC. The van der Waals surface area contributed by atoms with Crippen LogP contribution in [-0.4, -0.2) is 42.3 Å². The number of hydrogen-bond donors (Lipinski definition) is 1. The van der Waals surface area contributed by atoms with Crippen LogP contribution in [0.5, 0.6) is 17.2 Å². The summed E-state index contributed by atoms with van der Waals surface area (Å²) in [5.74, 6) is 0.656. The highest BCUT2D eigenvalue weighted by molar-refractivity contribution is 5.96. The number of methoxy groups -OCH3 is 2. The molecule has 1 heterocycles. The summed E-state index contributed by atoms with van der Waals surface area (Å²) >= 11 is 0. The van der Waals surface area contributed by atoms with Gasteiger partial charge in [-0.1, -0.05) is 42.5 Å². The van der Waals surface area contributed by atoms with Gasteiger partial charge >= 0.3 is 5.97 Å². The molecule has 4 aromatic rings. The van der Waals surface area contributed by atoms with Crippen molar-refractivity contribution in [3.8, 4) is 28.6 Å². The zero-order chi connectivity index (χ0) is 26.2. The third-order valence-corrected chi connectivity index (χ3v) is 5.37. The molecule has 0 saturated carbocycles. The Labute approximate surface area is 213 Å². The second-order valence-electron chi connectivity index (χ2n) is 7.75. The van der Waals surface area contributed by atoms with Gasteiger partial charge in [0.2, 0.25) is 0 Å². The number of carbonyl (C=O) groups excluding carboxylic acids is 2. The Morgan fingerprint density at radius 1 is 0.892 bits per heavy atom. The molecule has 3 aromatic carbocycles. The first-order valence-corrected chi connectivity index (χ1v) is 11.3. The van der Waals surface area contributed by atoms with E-state index in [4.69, 9.17) is 14.2 Å². The van der Waals surface area contributed by atoms with E-state index >= 15 is 0 Å². The molecule has 0 bridgehead atoms. The van der Waals surface area contributed by atoms with E-state index in [-0.39, 0.29) is 11.3 Å². The molecule has 0 aliphatic carbocycles. The van der Waals surface area contributed by atoms with E-state index in [1.165, 1.54) is 32.7 Å². The summed E-state index contributed by atoms with van der Waals surface area (Å²) in [4.78, 5) is 34.1. The molecule has 9 heteroatoms. The van der Waals surface area contributed by atoms with Crippen LogP contribution in [0, 0.1) is 6.92 Å². The molecule has 0 saturated heterocycles. The average Bonchev–Trinajstić information content (AvgIpc) is 2.93. The van der Waals surface area contributed by atoms with Crippen molar-refractivity contribution in [2.24, 2.45) is 5.10 Å². The van der Waals surface area contributed by atoms with E-state index in [1.54, 1.807) is 43.3 Å². The van der Waals surface area contributed by atoms with Crippen LogP contribution in [0.1, 0.15) is 32.0 Å². The van der Waals surface area contributed by atoms with Gasteiger partial charge in [-0.2, -0.15) is 5.10 Å². The molecule has 0 fully saturated rings. The van der Waals surface area contributed by atoms with Crippen molar-refractivity contribution in [3.63, 3.8) is 0 Å². The quantitative estimate of drug-likeness (QED) is 0.166. The summed E-state index contributed by atoms with van der Waals surface area (Å²) in [7, 11) is 3.00. The number of amides is 1. The van der Waals surface area contributed by atoms with Gasteiger partial charge in [0.15, 0.2) is 17.3 Å². The molecule has 0 atom stereocenters. The molecule has 0 unspecified atom stereocenters. The van der Waals surface area contributed by atoms with Gasteiger partial charge in [0.05, 0.1) is 37.3 Å². The van der Waals surface area contributed by atoms with Crippen LogP contribution in [0.2, 0.25) is 0 Å². The lowest BCUT2D eigenvalue weighted by Gasteiger charge is -2.10. The number of aryl methyl sites for hydroxylation is 1. The number of nitrogens with one attached hydrogen (secondary N) is 1. The maximum atomic E-state index is 12.7. The second kappa shape index (κ2) is 11.6. The van der Waals surface area contributed by atoms with E-state index in [0.717, 1.165) is 5.56 Å². The molecule has 0 radical (unpaired) electrons. The second-order valence-corrected chi connectivity index (χ2v) is 7.75. The fraction of sp³-hybridized carbons (Fsp3) is 0.107. The predicted molar refractivity (Wildman–Crippen MR) is 138 cm³/mol. The molecule has 1 amide bonds. The molecule has 186 valence electrons. The van der Waals surface area contributed by atoms with Gasteiger partial charge in [0, 0.05) is 17.3 Å². The minimum absolute atomic E-state index is 0.270. The summed E-state index contributed by atoms with van der Waals surface area (Å²) < 4.78 is 16.0. The number of para-hydroxylation sites is 1. The number of aromatic nitrogens is 2. The van der Waals surface area contributed by atoms with Crippen molar-refractivity contribution in [2.45, 2.75) is 6.92 Å². The molecular weight excluding hydrogens is 472 g/mol. The van der Waals surface area contributed by atoms with Crippen LogP contribution in [0.15, 0.2) is 84.1 Å². The number of hydrogen-bond acceptors (Lipinski definition) is 8. The highest BCUT2D eigenvalue weighted by Crippen LogP contribution is 2.28. The Morgan fingerprint density at radius 2 is 1.62 bits per heavy atom. The number of benzene rings is 3. The summed E-state index contributed by atoms with van der Waals surface area (Å²) in [5, 5.41) is 4.02. The van der Waals surface area contributed by atoms with Crippen LogP contribution < -0.4 is 19.6 Å². The van der Waals surface area contributed by atoms with E-state index in [2.05, 4.69) is 20.5 Å². The monoisotopic (exact) mass is 496 g/mol. The van der Waals surface area contributed by atoms with Crippen molar-refractivity contribution in [3.05, 3.63) is 101 Å². The zero-order valence-electron chi connectivity index (χ0n) is 20.5. The molecule has 0 spiro atoms. The summed E-state index contributed by atoms with van der Waals surface area (Å²) in [6.45, 7) is 1.73. The molecule has 37 heavy (non-hydrogen) atoms. The number of ether oxygens (including phenoxy) is 3. The lowest BCUT2D eigenvalue weighted by atomic mass is 10.2. The Morgan fingerprint density at radius 3 is 2.35 bits per heavy atom. The topological polar surface area (TPSA) is 112 Å². The first-order chi connectivity index (χ1) is 18.0. The maximum Gasteiger partial charge on any atom is 0.343 e. The van der Waals surface area contributed by atoms with Crippen LogP contribution in [0.3, 0.4) is 0 Å². The van der Waals surface area contributed by atoms with E-state index < -0.39 is 11.9 Å². The maximum absolute atomic E-state index is 12.7. The van der Waals surface area contributed by atoms with Gasteiger partial charge in [-0.15, -0.1) is 0 Å². The third kappa shape index (κ3) is 5.96. The lowest BCUT2D eigenvalue weighted by Crippen LogP contribution is -2.20. The highest BCUT2D eigenvalue weighted by Gasteiger charge is 2.15. The Hall–Kier alpha value is -5.05. The fourth-order valence-corrected chi connectivity index (χ4v) is 3.44. The van der Waals surface area contributed by atoms with E-state index in [1.807, 2.05) is 30.3 Å². The first-order valence-electron chi connectivity index (χ1n) is 11.3. The summed E-state index contributed by atoms with van der Waals surface area (Å²) in [6.07, 6.45) is 2.86. The summed E-state index contributed by atoms with van der Waals surface area (Å²) in [6, 6.07) is 21.0. The van der Waals surface area contributed by atoms with Gasteiger partial charge < -0.3 is 14.2 Å². The molecule has 0 aliphatic rings. The van der Waals surface area contributed by atoms with Crippen LogP contribution in [0.25, 0.3) is 11.4 Å². The van der Waals surface area contributed by atoms with Crippen molar-refractivity contribution in [2.75, 3.05) is 14.2 Å². The van der Waals surface area contributed by atoms with Crippen LogP contribution in [0.4, 0.5) is 0 Å². The molecule has 1 N–H and O–H groups in total. The minimum atomic E-state index is -0.586. The number of carbonyl (C=O) groups is 2. The average molecular weight is 497 g/mol. The van der Waals surface area contributed by atoms with Gasteiger partial charge in [0.1, 0.15) is 5.75 Å². The largest absolute Gasteiger partial charge is 0.493 e.